The second kappa shape index (κ2) is 2.89. The molecule has 2 unspecified atom stereocenters. The first-order chi connectivity index (χ1) is 6.48. The van der Waals surface area contributed by atoms with Crippen molar-refractivity contribution in [2.24, 2.45) is 17.8 Å². The van der Waals surface area contributed by atoms with Gasteiger partial charge in [0.2, 0.25) is 5.91 Å². The normalized spacial score (nSPS) is 37.9. The molecule has 2 fully saturated rings. The lowest BCUT2D eigenvalue weighted by Crippen LogP contribution is -2.32. The summed E-state index contributed by atoms with van der Waals surface area (Å²) in [6.07, 6.45) is 0.619. The third-order valence-electron chi connectivity index (χ3n) is 3.38. The molecular weight excluding hydrogens is 192 g/mol. The predicted octanol–water partition coefficient (Wildman–Crippen LogP) is 1.30. The average Bonchev–Trinajstić information content (AvgIpc) is 2.60. The Morgan fingerprint density at radius 3 is 2.36 bits per heavy atom. The van der Waals surface area contributed by atoms with Crippen molar-refractivity contribution in [3.63, 3.8) is 0 Å². The lowest BCUT2D eigenvalue weighted by molar-refractivity contribution is -0.174. The largest absolute Gasteiger partial charge is 0.275 e. The van der Waals surface area contributed by atoms with Crippen LogP contribution in [0.5, 0.6) is 0 Å². The van der Waals surface area contributed by atoms with Crippen LogP contribution in [-0.2, 0) is 9.63 Å². The molecule has 0 saturated heterocycles. The minimum atomic E-state index is -2.50. The topological polar surface area (TPSA) is 29.5 Å². The quantitative estimate of drug-likeness (QED) is 0.636. The Balaban J connectivity index is 1.91. The second-order valence-corrected chi connectivity index (χ2v) is 4.07. The Hall–Kier alpha value is -0.710. The average molecular weight is 205 g/mol. The third-order valence-corrected chi connectivity index (χ3v) is 3.38. The molecular formula is C9H13F2NO2. The zero-order chi connectivity index (χ0) is 10.5. The molecule has 0 radical (unpaired) electrons. The highest BCUT2D eigenvalue weighted by molar-refractivity contribution is 5.78. The van der Waals surface area contributed by atoms with Gasteiger partial charge in [-0.1, -0.05) is 0 Å². The smallest absolute Gasteiger partial charge is 0.254 e. The number of alkyl halides is 2. The highest BCUT2D eigenvalue weighted by Gasteiger charge is 2.72. The van der Waals surface area contributed by atoms with E-state index in [1.165, 1.54) is 14.2 Å². The molecule has 2 saturated carbocycles. The minimum Gasteiger partial charge on any atom is -0.275 e. The summed E-state index contributed by atoms with van der Waals surface area (Å²) in [5.41, 5.74) is 0. The molecule has 1 amide bonds. The third kappa shape index (κ3) is 1.22. The lowest BCUT2D eigenvalue weighted by atomic mass is 10.0. The van der Waals surface area contributed by atoms with Gasteiger partial charge in [-0.15, -0.1) is 0 Å². The molecule has 2 aliphatic rings. The first-order valence-corrected chi connectivity index (χ1v) is 4.68. The molecule has 5 heteroatoms. The number of nitrogens with zero attached hydrogens (tertiary/aromatic N) is 1. The van der Waals surface area contributed by atoms with Crippen LogP contribution in [0.4, 0.5) is 8.78 Å². The van der Waals surface area contributed by atoms with Crippen molar-refractivity contribution in [1.29, 1.82) is 0 Å². The Bertz CT molecular complexity index is 256. The molecule has 0 aromatic rings. The van der Waals surface area contributed by atoms with Crippen molar-refractivity contribution >= 4 is 5.91 Å². The fraction of sp³-hybridized carbons (Fsp3) is 0.889. The lowest BCUT2D eigenvalue weighted by Gasteiger charge is -2.19. The van der Waals surface area contributed by atoms with E-state index in [0.717, 1.165) is 5.06 Å². The number of hydrogen-bond acceptors (Lipinski definition) is 2. The van der Waals surface area contributed by atoms with Crippen molar-refractivity contribution in [1.82, 2.24) is 5.06 Å². The van der Waals surface area contributed by atoms with Gasteiger partial charge in [-0.3, -0.25) is 9.63 Å². The molecule has 0 N–H and O–H groups in total. The molecule has 0 aromatic heterocycles. The van der Waals surface area contributed by atoms with Gasteiger partial charge < -0.3 is 0 Å². The van der Waals surface area contributed by atoms with Gasteiger partial charge in [0.15, 0.2) is 0 Å². The molecule has 0 aromatic carbocycles. The minimum absolute atomic E-state index is 0.185. The molecule has 0 bridgehead atoms. The van der Waals surface area contributed by atoms with Crippen LogP contribution in [0.2, 0.25) is 0 Å². The number of rotatable bonds is 2. The number of hydroxylamine groups is 2. The monoisotopic (exact) mass is 205 g/mol. The van der Waals surface area contributed by atoms with Gasteiger partial charge in [0.1, 0.15) is 0 Å². The van der Waals surface area contributed by atoms with Crippen LogP contribution in [0.1, 0.15) is 12.8 Å². The predicted molar refractivity (Wildman–Crippen MR) is 44.4 cm³/mol. The second-order valence-electron chi connectivity index (χ2n) is 4.07. The van der Waals surface area contributed by atoms with Crippen LogP contribution in [-0.4, -0.2) is 31.1 Å². The van der Waals surface area contributed by atoms with Gasteiger partial charge in [0.05, 0.1) is 7.11 Å². The Morgan fingerprint density at radius 2 is 1.93 bits per heavy atom. The number of hydrogen-bond donors (Lipinski definition) is 0. The molecule has 0 spiro atoms. The summed E-state index contributed by atoms with van der Waals surface area (Å²) in [6.45, 7) is 0. The number of halogens is 2. The molecule has 2 rings (SSSR count). The molecule has 2 atom stereocenters. The van der Waals surface area contributed by atoms with Crippen LogP contribution >= 0.6 is 0 Å². The molecule has 0 heterocycles. The van der Waals surface area contributed by atoms with Crippen molar-refractivity contribution < 1.29 is 18.4 Å². The van der Waals surface area contributed by atoms with Crippen LogP contribution in [0.15, 0.2) is 0 Å². The Kier molecular flexibility index (Phi) is 2.03. The first-order valence-electron chi connectivity index (χ1n) is 4.68. The Labute approximate surface area is 81.0 Å². The first kappa shape index (κ1) is 9.83. The molecule has 14 heavy (non-hydrogen) atoms. The molecule has 3 nitrogen and oxygen atoms in total. The standard InChI is InChI=1S/C9H13F2NO2/c1-12(14-2)8(13)5-3-6-7(4-5)9(6,10)11/h5-7H,3-4H2,1-2H3. The highest BCUT2D eigenvalue weighted by atomic mass is 19.3. The van der Waals surface area contributed by atoms with Crippen LogP contribution in [0.25, 0.3) is 0 Å². The van der Waals surface area contributed by atoms with E-state index in [2.05, 4.69) is 0 Å². The fourth-order valence-corrected chi connectivity index (χ4v) is 2.36. The molecule has 2 aliphatic carbocycles. The van der Waals surface area contributed by atoms with Crippen molar-refractivity contribution in [3.05, 3.63) is 0 Å². The number of carbonyl (C=O) groups is 1. The van der Waals surface area contributed by atoms with E-state index in [9.17, 15) is 13.6 Å². The van der Waals surface area contributed by atoms with E-state index in [-0.39, 0.29) is 11.8 Å². The summed E-state index contributed by atoms with van der Waals surface area (Å²) in [7, 11) is 2.90. The van der Waals surface area contributed by atoms with Crippen molar-refractivity contribution in [2.75, 3.05) is 14.2 Å². The highest BCUT2D eigenvalue weighted by Crippen LogP contribution is 2.65. The Morgan fingerprint density at radius 1 is 1.43 bits per heavy atom. The number of fused-ring (bicyclic) bond motifs is 1. The maximum atomic E-state index is 12.8. The van der Waals surface area contributed by atoms with Crippen LogP contribution in [0.3, 0.4) is 0 Å². The summed E-state index contributed by atoms with van der Waals surface area (Å²) in [5, 5.41) is 1.12. The van der Waals surface area contributed by atoms with Crippen molar-refractivity contribution in [3.8, 4) is 0 Å². The maximum absolute atomic E-state index is 12.8. The van der Waals surface area contributed by atoms with Crippen LogP contribution < -0.4 is 0 Å². The number of amides is 1. The summed E-state index contributed by atoms with van der Waals surface area (Å²) in [6, 6.07) is 0. The van der Waals surface area contributed by atoms with Crippen LogP contribution in [0, 0.1) is 17.8 Å². The van der Waals surface area contributed by atoms with Gasteiger partial charge in [-0.25, -0.2) is 13.8 Å². The van der Waals surface area contributed by atoms with E-state index in [0.29, 0.717) is 12.8 Å². The maximum Gasteiger partial charge on any atom is 0.254 e. The van der Waals surface area contributed by atoms with E-state index in [1.54, 1.807) is 0 Å². The summed E-state index contributed by atoms with van der Waals surface area (Å²) >= 11 is 0. The fourth-order valence-electron chi connectivity index (χ4n) is 2.36. The summed E-state index contributed by atoms with van der Waals surface area (Å²) in [4.78, 5) is 16.2. The van der Waals surface area contributed by atoms with Gasteiger partial charge in [0, 0.05) is 24.8 Å². The zero-order valence-electron chi connectivity index (χ0n) is 8.17. The van der Waals surface area contributed by atoms with E-state index in [4.69, 9.17) is 4.84 Å². The van der Waals surface area contributed by atoms with Gasteiger partial charge in [0.25, 0.3) is 5.92 Å². The van der Waals surface area contributed by atoms with Gasteiger partial charge in [-0.2, -0.15) is 0 Å². The van der Waals surface area contributed by atoms with Crippen molar-refractivity contribution in [2.45, 2.75) is 18.8 Å². The SMILES string of the molecule is CON(C)C(=O)C1CC2C(C1)C2(F)F. The van der Waals surface area contributed by atoms with Gasteiger partial charge >= 0.3 is 0 Å². The van der Waals surface area contributed by atoms with E-state index >= 15 is 0 Å². The molecule has 0 aliphatic heterocycles. The number of carbonyl (C=O) groups excluding carboxylic acids is 1. The van der Waals surface area contributed by atoms with E-state index < -0.39 is 17.8 Å². The molecule has 80 valence electrons. The van der Waals surface area contributed by atoms with E-state index in [1.807, 2.05) is 0 Å². The van der Waals surface area contributed by atoms with Gasteiger partial charge in [-0.05, 0) is 12.8 Å². The summed E-state index contributed by atoms with van der Waals surface area (Å²) in [5.74, 6) is -4.06. The summed E-state index contributed by atoms with van der Waals surface area (Å²) < 4.78 is 25.6. The zero-order valence-corrected chi connectivity index (χ0v) is 8.17.